The second-order valence-corrected chi connectivity index (χ2v) is 20.4. The number of rotatable bonds is 6. The number of aromatic hydroxyl groups is 1. The standard InChI is InChI=1S/C58H60N3O.Pt/c1-55(2,3)43-31-41(30-42(32-43)49-34-40(28-29-59-49)38-22-17-14-18-23-38)45-24-19-25-51-52(45)60-54(46-35-44(56(4,5)6)36-48(53(46)62)58(10,11)12)61(51)50-27-26-39(33-47(50)57(7,8)9)37-20-15-13-16-21-37;/h13-29,31-36,62H,1-12H3;/q-1;/i14D,17D,18D,22D,23D,28D,29D,34D;. The van der Waals surface area contributed by atoms with Crippen LogP contribution < -0.4 is 0 Å². The van der Waals surface area contributed by atoms with E-state index in [1.54, 1.807) is 0 Å². The number of para-hydroxylation sites is 1. The second kappa shape index (κ2) is 16.9. The molecule has 0 aliphatic carbocycles. The number of pyridine rings is 1. The summed E-state index contributed by atoms with van der Waals surface area (Å²) in [6.07, 6.45) is -0.519. The van der Waals surface area contributed by atoms with E-state index in [1.165, 1.54) is 0 Å². The van der Waals surface area contributed by atoms with Crippen molar-refractivity contribution in [1.29, 1.82) is 0 Å². The molecule has 0 bridgehead atoms. The Labute approximate surface area is 401 Å². The molecule has 5 heteroatoms. The Balaban J connectivity index is 0.00000741. The number of phenols is 1. The molecule has 2 heterocycles. The van der Waals surface area contributed by atoms with Crippen LogP contribution in [0, 0.1) is 6.07 Å². The van der Waals surface area contributed by atoms with E-state index >= 15 is 0 Å². The first-order valence-electron chi connectivity index (χ1n) is 25.2. The van der Waals surface area contributed by atoms with Crippen molar-refractivity contribution in [2.24, 2.45) is 0 Å². The molecule has 0 unspecified atom stereocenters. The quantitative estimate of drug-likeness (QED) is 0.169. The first-order valence-corrected chi connectivity index (χ1v) is 21.2. The van der Waals surface area contributed by atoms with Crippen LogP contribution in [0.25, 0.3) is 72.7 Å². The zero-order valence-corrected chi connectivity index (χ0v) is 40.5. The number of nitrogens with zero attached hydrogens (tertiary/aromatic N) is 3. The maximum absolute atomic E-state index is 12.5. The van der Waals surface area contributed by atoms with Gasteiger partial charge >= 0.3 is 0 Å². The summed E-state index contributed by atoms with van der Waals surface area (Å²) >= 11 is 0. The van der Waals surface area contributed by atoms with Gasteiger partial charge in [0.25, 0.3) is 0 Å². The van der Waals surface area contributed by atoms with Crippen molar-refractivity contribution in [2.45, 2.75) is 105 Å². The van der Waals surface area contributed by atoms with Crippen molar-refractivity contribution >= 4 is 11.0 Å². The van der Waals surface area contributed by atoms with Gasteiger partial charge in [0.15, 0.2) is 0 Å². The van der Waals surface area contributed by atoms with Crippen LogP contribution in [-0.4, -0.2) is 19.6 Å². The molecule has 0 amide bonds. The van der Waals surface area contributed by atoms with Gasteiger partial charge in [-0.2, -0.15) is 0 Å². The molecule has 0 saturated heterocycles. The van der Waals surface area contributed by atoms with Crippen molar-refractivity contribution in [3.05, 3.63) is 168 Å². The van der Waals surface area contributed by atoms with Gasteiger partial charge in [0, 0.05) is 38.5 Å². The summed E-state index contributed by atoms with van der Waals surface area (Å²) in [6.45, 7) is 25.6. The molecular formula is C58H60N3OPt-. The van der Waals surface area contributed by atoms with E-state index in [4.69, 9.17) is 14.6 Å². The molecule has 0 aliphatic heterocycles. The first kappa shape index (κ1) is 35.8. The fraction of sp³-hybridized carbons (Fsp3) is 0.276. The Morgan fingerprint density at radius 1 is 0.571 bits per heavy atom. The Morgan fingerprint density at radius 3 is 1.87 bits per heavy atom. The monoisotopic (exact) mass is 1020 g/mol. The summed E-state index contributed by atoms with van der Waals surface area (Å²) in [5, 5.41) is 12.5. The van der Waals surface area contributed by atoms with Crippen molar-refractivity contribution < 1.29 is 37.1 Å². The molecule has 6 aromatic carbocycles. The SMILES string of the molecule is [2H]c1nc(-c2[c-]c(-c3cccc4c3nc(-c3cc(C(C)(C)C)cc(C(C)(C)C)c3O)n4-c3ccc(-c4ccccc4)cc3C(C)(C)C)cc(C(C)(C)C)c2)c([2H])c(-c2c([2H])c([2H])c([2H])c([2H])c2[2H])c1[2H].[Pt]. The Bertz CT molecular complexity index is 3380. The van der Waals surface area contributed by atoms with Gasteiger partial charge in [0.2, 0.25) is 0 Å². The largest absolute Gasteiger partial charge is 0.507 e. The molecule has 8 aromatic rings. The summed E-state index contributed by atoms with van der Waals surface area (Å²) in [5.41, 5.74) is 8.28. The number of hydrogen-bond acceptors (Lipinski definition) is 3. The molecule has 0 spiro atoms. The predicted octanol–water partition coefficient (Wildman–Crippen LogP) is 15.4. The average Bonchev–Trinajstić information content (AvgIpc) is 3.68. The summed E-state index contributed by atoms with van der Waals surface area (Å²) in [5.74, 6) is 0.693. The van der Waals surface area contributed by atoms with E-state index in [2.05, 4.69) is 141 Å². The van der Waals surface area contributed by atoms with Crippen LogP contribution in [0.1, 0.15) is 116 Å². The Hall–Kier alpha value is -5.57. The number of fused-ring (bicyclic) bond motifs is 1. The topological polar surface area (TPSA) is 50.9 Å². The van der Waals surface area contributed by atoms with Crippen molar-refractivity contribution in [1.82, 2.24) is 14.5 Å². The number of hydrogen-bond donors (Lipinski definition) is 1. The van der Waals surface area contributed by atoms with E-state index < -0.39 is 53.3 Å². The van der Waals surface area contributed by atoms with Gasteiger partial charge < -0.3 is 5.11 Å². The molecular weight excluding hydrogens is 950 g/mol. The molecule has 0 atom stereocenters. The molecule has 1 N–H and O–H groups in total. The van der Waals surface area contributed by atoms with Gasteiger partial charge in [0.1, 0.15) is 11.6 Å². The van der Waals surface area contributed by atoms with Crippen LogP contribution in [0.15, 0.2) is 139 Å². The number of phenolic OH excluding ortho intramolecular Hbond substituents is 1. The predicted molar refractivity (Wildman–Crippen MR) is 261 cm³/mol. The van der Waals surface area contributed by atoms with Crippen molar-refractivity contribution in [2.75, 3.05) is 0 Å². The van der Waals surface area contributed by atoms with Gasteiger partial charge in [-0.15, -0.1) is 29.3 Å². The van der Waals surface area contributed by atoms with Gasteiger partial charge in [-0.1, -0.05) is 185 Å². The molecule has 0 aliphatic rings. The Kier molecular flexibility index (Phi) is 9.59. The maximum atomic E-state index is 12.5. The number of imidazole rings is 1. The summed E-state index contributed by atoms with van der Waals surface area (Å²) in [7, 11) is 0. The van der Waals surface area contributed by atoms with Gasteiger partial charge in [0.05, 0.1) is 33.3 Å². The molecule has 63 heavy (non-hydrogen) atoms. The maximum Gasteiger partial charge on any atom is 0.148 e. The van der Waals surface area contributed by atoms with E-state index in [-0.39, 0.29) is 60.5 Å². The third-order valence-electron chi connectivity index (χ3n) is 11.5. The second-order valence-electron chi connectivity index (χ2n) is 20.4. The van der Waals surface area contributed by atoms with Gasteiger partial charge in [-0.05, 0) is 85.3 Å². The molecule has 0 fully saturated rings. The van der Waals surface area contributed by atoms with Crippen LogP contribution in [0.5, 0.6) is 5.75 Å². The van der Waals surface area contributed by atoms with Crippen molar-refractivity contribution in [3.8, 4) is 67.5 Å². The summed E-state index contributed by atoms with van der Waals surface area (Å²) in [4.78, 5) is 10.0. The smallest absolute Gasteiger partial charge is 0.148 e. The molecule has 2 aromatic heterocycles. The fourth-order valence-electron chi connectivity index (χ4n) is 7.91. The summed E-state index contributed by atoms with van der Waals surface area (Å²) in [6, 6.07) is 30.5. The normalized spacial score (nSPS) is 14.2. The Morgan fingerprint density at radius 2 is 1.22 bits per heavy atom. The molecule has 8 rings (SSSR count). The van der Waals surface area contributed by atoms with Crippen LogP contribution in [0.2, 0.25) is 0 Å². The zero-order valence-electron chi connectivity index (χ0n) is 46.3. The minimum atomic E-state index is -0.606. The van der Waals surface area contributed by atoms with Crippen LogP contribution in [0.4, 0.5) is 0 Å². The zero-order chi connectivity index (χ0) is 51.3. The van der Waals surface area contributed by atoms with Gasteiger partial charge in [-0.25, -0.2) is 4.98 Å². The minimum Gasteiger partial charge on any atom is -0.507 e. The van der Waals surface area contributed by atoms with Crippen LogP contribution >= 0.6 is 0 Å². The van der Waals surface area contributed by atoms with Crippen LogP contribution in [0.3, 0.4) is 0 Å². The average molecular weight is 1020 g/mol. The van der Waals surface area contributed by atoms with Gasteiger partial charge in [-0.3, -0.25) is 9.55 Å². The molecule has 4 nitrogen and oxygen atoms in total. The third-order valence-corrected chi connectivity index (χ3v) is 11.5. The molecule has 0 saturated carbocycles. The molecule has 0 radical (unpaired) electrons. The first-order chi connectivity index (χ1) is 32.5. The van der Waals surface area contributed by atoms with E-state index in [0.29, 0.717) is 33.6 Å². The fourth-order valence-corrected chi connectivity index (χ4v) is 7.91. The summed E-state index contributed by atoms with van der Waals surface area (Å²) < 4.78 is 71.8. The number of benzene rings is 6. The van der Waals surface area contributed by atoms with Crippen LogP contribution in [-0.2, 0) is 42.7 Å². The third kappa shape index (κ3) is 9.11. The van der Waals surface area contributed by atoms with E-state index in [9.17, 15) is 6.48 Å². The number of aromatic nitrogens is 3. The van der Waals surface area contributed by atoms with E-state index in [1.807, 2.05) is 48.5 Å². The van der Waals surface area contributed by atoms with E-state index in [0.717, 1.165) is 44.6 Å². The van der Waals surface area contributed by atoms with Crippen molar-refractivity contribution in [3.63, 3.8) is 0 Å². The molecule has 324 valence electrons. The minimum absolute atomic E-state index is 0.